The first kappa shape index (κ1) is 16.8. The zero-order valence-electron chi connectivity index (χ0n) is 13.8. The van der Waals surface area contributed by atoms with Crippen molar-refractivity contribution in [2.45, 2.75) is 6.92 Å². The van der Waals surface area contributed by atoms with Gasteiger partial charge < -0.3 is 4.74 Å². The third kappa shape index (κ3) is 3.34. The first-order valence-corrected chi connectivity index (χ1v) is 9.13. The number of pyridine rings is 1. The number of nitrogens with one attached hydrogen (secondary N) is 1. The molecule has 0 unspecified atom stereocenters. The number of carbonyl (C=O) groups excluding carboxylic acids is 1. The van der Waals surface area contributed by atoms with Crippen molar-refractivity contribution >= 4 is 40.1 Å². The van der Waals surface area contributed by atoms with Crippen LogP contribution in [-0.2, 0) is 4.79 Å². The zero-order chi connectivity index (χ0) is 18.1. The highest BCUT2D eigenvalue weighted by Crippen LogP contribution is 2.32. The van der Waals surface area contributed by atoms with Crippen LogP contribution in [0.4, 0.5) is 5.13 Å². The van der Waals surface area contributed by atoms with E-state index in [1.807, 2.05) is 25.1 Å². The monoisotopic (exact) mass is 383 g/mol. The average Bonchev–Trinajstić information content (AvgIpc) is 3.02. The van der Waals surface area contributed by atoms with Crippen LogP contribution in [-0.4, -0.2) is 22.5 Å². The van der Waals surface area contributed by atoms with Crippen LogP contribution in [0.25, 0.3) is 16.6 Å². The Labute approximate surface area is 159 Å². The lowest BCUT2D eigenvalue weighted by Crippen LogP contribution is -2.21. The third-order valence-corrected chi connectivity index (χ3v) is 5.22. The Morgan fingerprint density at radius 2 is 2.19 bits per heavy atom. The Bertz CT molecular complexity index is 1010. The van der Waals surface area contributed by atoms with E-state index in [2.05, 4.69) is 15.3 Å². The summed E-state index contributed by atoms with van der Waals surface area (Å²) in [7, 11) is 0. The lowest BCUT2D eigenvalue weighted by Gasteiger charge is -2.17. The number of ether oxygens (including phenoxy) is 1. The molecule has 0 radical (unpaired) electrons. The molecule has 1 aliphatic heterocycles. The highest BCUT2D eigenvalue weighted by molar-refractivity contribution is 7.19. The van der Waals surface area contributed by atoms with E-state index in [-0.39, 0.29) is 12.5 Å². The van der Waals surface area contributed by atoms with Crippen LogP contribution >= 0.6 is 22.9 Å². The fourth-order valence-corrected chi connectivity index (χ4v) is 3.76. The van der Waals surface area contributed by atoms with Gasteiger partial charge in [0.25, 0.3) is 5.91 Å². The van der Waals surface area contributed by atoms with Gasteiger partial charge in [-0.2, -0.15) is 0 Å². The van der Waals surface area contributed by atoms with Crippen LogP contribution in [0.15, 0.2) is 48.2 Å². The Hall–Kier alpha value is -2.70. The van der Waals surface area contributed by atoms with Gasteiger partial charge in [-0.1, -0.05) is 29.0 Å². The van der Waals surface area contributed by atoms with Gasteiger partial charge in [-0.15, -0.1) is 0 Å². The minimum absolute atomic E-state index is 0.206. The predicted octanol–water partition coefficient (Wildman–Crippen LogP) is 4.58. The molecule has 0 saturated carbocycles. The number of carbonyl (C=O) groups is 1. The van der Waals surface area contributed by atoms with Crippen molar-refractivity contribution in [2.75, 3.05) is 11.9 Å². The van der Waals surface area contributed by atoms with Gasteiger partial charge in [-0.05, 0) is 43.3 Å². The van der Waals surface area contributed by atoms with Gasteiger partial charge >= 0.3 is 0 Å². The number of hydrogen-bond acceptors (Lipinski definition) is 5. The van der Waals surface area contributed by atoms with Crippen molar-refractivity contribution in [3.05, 3.63) is 64.4 Å². The van der Waals surface area contributed by atoms with Crippen LogP contribution in [0.2, 0.25) is 5.02 Å². The van der Waals surface area contributed by atoms with Gasteiger partial charge in [0, 0.05) is 16.8 Å². The third-order valence-electron chi connectivity index (χ3n) is 3.89. The molecule has 2 aromatic heterocycles. The molecule has 1 aliphatic rings. The second kappa shape index (κ2) is 6.90. The number of fused-ring (bicyclic) bond motifs is 1. The summed E-state index contributed by atoms with van der Waals surface area (Å²) < 4.78 is 5.63. The second-order valence-electron chi connectivity index (χ2n) is 5.74. The maximum absolute atomic E-state index is 12.6. The molecule has 4 rings (SSSR count). The number of halogens is 1. The molecule has 1 N–H and O–H groups in total. The normalized spacial score (nSPS) is 12.8. The van der Waals surface area contributed by atoms with Gasteiger partial charge in [0.15, 0.2) is 5.13 Å². The summed E-state index contributed by atoms with van der Waals surface area (Å²) in [4.78, 5) is 22.3. The number of amides is 1. The number of rotatable bonds is 3. The topological polar surface area (TPSA) is 64.1 Å². The average molecular weight is 384 g/mol. The summed E-state index contributed by atoms with van der Waals surface area (Å²) in [5, 5.41) is 3.98. The fourth-order valence-electron chi connectivity index (χ4n) is 2.64. The van der Waals surface area contributed by atoms with Gasteiger partial charge in [-0.3, -0.25) is 15.1 Å². The van der Waals surface area contributed by atoms with Gasteiger partial charge in [-0.25, -0.2) is 4.98 Å². The van der Waals surface area contributed by atoms with Gasteiger partial charge in [0.05, 0.1) is 21.8 Å². The Balaban J connectivity index is 1.56. The molecule has 0 aliphatic carbocycles. The number of anilines is 1. The first-order valence-electron chi connectivity index (χ1n) is 7.93. The Kier molecular flexibility index (Phi) is 4.44. The molecule has 26 heavy (non-hydrogen) atoms. The van der Waals surface area contributed by atoms with Crippen LogP contribution in [0.5, 0.6) is 5.75 Å². The lowest BCUT2D eigenvalue weighted by molar-refractivity contribution is -0.113. The molecule has 0 fully saturated rings. The van der Waals surface area contributed by atoms with E-state index in [1.54, 1.807) is 30.5 Å². The minimum atomic E-state index is -0.239. The number of thiazole rings is 1. The predicted molar refractivity (Wildman–Crippen MR) is 104 cm³/mol. The molecule has 0 atom stereocenters. The molecule has 3 heterocycles. The van der Waals surface area contributed by atoms with Gasteiger partial charge in [0.2, 0.25) is 0 Å². The van der Waals surface area contributed by atoms with Crippen LogP contribution in [0.1, 0.15) is 11.3 Å². The number of nitrogens with zero attached hydrogens (tertiary/aromatic N) is 2. The molecule has 0 saturated heterocycles. The first-order chi connectivity index (χ1) is 12.6. The lowest BCUT2D eigenvalue weighted by atomic mass is 10.1. The summed E-state index contributed by atoms with van der Waals surface area (Å²) in [6.45, 7) is 2.11. The molecule has 3 aromatic rings. The number of aryl methyl sites for hydroxylation is 1. The van der Waals surface area contributed by atoms with Crippen molar-refractivity contribution in [2.24, 2.45) is 0 Å². The zero-order valence-corrected chi connectivity index (χ0v) is 15.4. The maximum Gasteiger partial charge on any atom is 0.256 e. The quantitative estimate of drug-likeness (QED) is 0.718. The van der Waals surface area contributed by atoms with E-state index < -0.39 is 0 Å². The fraction of sp³-hybridized carbons (Fsp3) is 0.105. The highest BCUT2D eigenvalue weighted by Gasteiger charge is 2.19. The summed E-state index contributed by atoms with van der Waals surface area (Å²) in [5.41, 5.74) is 2.98. The molecule has 7 heteroatoms. The Morgan fingerprint density at radius 3 is 3.00 bits per heavy atom. The molecule has 1 amide bonds. The molecule has 0 spiro atoms. The van der Waals surface area contributed by atoms with Crippen molar-refractivity contribution < 1.29 is 9.53 Å². The van der Waals surface area contributed by atoms with Crippen LogP contribution < -0.4 is 10.1 Å². The molecule has 0 bridgehead atoms. The summed E-state index contributed by atoms with van der Waals surface area (Å²) in [6.07, 6.45) is 3.53. The van der Waals surface area contributed by atoms with Crippen molar-refractivity contribution in [3.63, 3.8) is 0 Å². The van der Waals surface area contributed by atoms with E-state index in [4.69, 9.17) is 16.3 Å². The molecular weight excluding hydrogens is 370 g/mol. The SMILES string of the molecule is Cc1nc(NC(=O)C2=Cc3cc(Cl)ccc3OC2)sc1-c1ccccn1. The summed E-state index contributed by atoms with van der Waals surface area (Å²) >= 11 is 7.41. The smallest absolute Gasteiger partial charge is 0.256 e. The number of hydrogen-bond donors (Lipinski definition) is 1. The molecule has 5 nitrogen and oxygen atoms in total. The number of aromatic nitrogens is 2. The van der Waals surface area contributed by atoms with E-state index in [0.29, 0.717) is 21.5 Å². The largest absolute Gasteiger partial charge is 0.488 e. The van der Waals surface area contributed by atoms with E-state index >= 15 is 0 Å². The van der Waals surface area contributed by atoms with Crippen LogP contribution in [0.3, 0.4) is 0 Å². The van der Waals surface area contributed by atoms with E-state index in [0.717, 1.165) is 21.8 Å². The van der Waals surface area contributed by atoms with Crippen LogP contribution in [0, 0.1) is 6.92 Å². The number of benzene rings is 1. The van der Waals surface area contributed by atoms with Gasteiger partial charge in [0.1, 0.15) is 12.4 Å². The van der Waals surface area contributed by atoms with E-state index in [1.165, 1.54) is 11.3 Å². The summed E-state index contributed by atoms with van der Waals surface area (Å²) in [5.74, 6) is 0.477. The van der Waals surface area contributed by atoms with Crippen molar-refractivity contribution in [1.29, 1.82) is 0 Å². The minimum Gasteiger partial charge on any atom is -0.488 e. The van der Waals surface area contributed by atoms with Crippen molar-refractivity contribution in [1.82, 2.24) is 9.97 Å². The maximum atomic E-state index is 12.6. The second-order valence-corrected chi connectivity index (χ2v) is 7.18. The van der Waals surface area contributed by atoms with E-state index in [9.17, 15) is 4.79 Å². The molecule has 1 aromatic carbocycles. The molecule has 130 valence electrons. The Morgan fingerprint density at radius 1 is 1.31 bits per heavy atom. The van der Waals surface area contributed by atoms with Crippen molar-refractivity contribution in [3.8, 4) is 16.3 Å². The highest BCUT2D eigenvalue weighted by atomic mass is 35.5. The summed E-state index contributed by atoms with van der Waals surface area (Å²) in [6, 6.07) is 11.0. The molecular formula is C19H14ClN3O2S. The standard InChI is InChI=1S/C19H14ClN3O2S/c1-11-17(15-4-2-3-7-21-15)26-19(22-11)23-18(24)13-8-12-9-14(20)5-6-16(12)25-10-13/h2-9H,10H2,1H3,(H,22,23,24).